The Morgan fingerprint density at radius 2 is 2.17 bits per heavy atom. The molecule has 1 fully saturated rings. The van der Waals surface area contributed by atoms with E-state index in [1.165, 1.54) is 6.21 Å². The van der Waals surface area contributed by atoms with E-state index < -0.39 is 29.6 Å². The summed E-state index contributed by atoms with van der Waals surface area (Å²) in [5, 5.41) is 17.5. The van der Waals surface area contributed by atoms with Gasteiger partial charge in [0, 0.05) is 12.6 Å². The maximum atomic E-state index is 13.7. The molecule has 1 aromatic heterocycles. The summed E-state index contributed by atoms with van der Waals surface area (Å²) in [6.07, 6.45) is 8.47. The van der Waals surface area contributed by atoms with Crippen molar-refractivity contribution in [2.24, 2.45) is 16.9 Å². The number of hydrogen-bond donors (Lipinski definition) is 2. The highest BCUT2D eigenvalue weighted by Gasteiger charge is 2.38. The second-order valence-corrected chi connectivity index (χ2v) is 7.25. The number of nitrogens with one attached hydrogen (secondary N) is 1. The second-order valence-electron chi connectivity index (χ2n) is 7.25. The van der Waals surface area contributed by atoms with Crippen molar-refractivity contribution in [1.29, 1.82) is 0 Å². The molecular weight excluding hydrogens is 383 g/mol. The zero-order valence-corrected chi connectivity index (χ0v) is 15.8. The predicted molar refractivity (Wildman–Crippen MR) is 99.0 cm³/mol. The highest BCUT2D eigenvalue weighted by atomic mass is 19.1. The first-order chi connectivity index (χ1) is 14.0. The molecule has 0 aromatic carbocycles. The minimum absolute atomic E-state index is 0.164. The predicted octanol–water partition coefficient (Wildman–Crippen LogP) is 1.18. The van der Waals surface area contributed by atoms with Crippen molar-refractivity contribution in [3.8, 4) is 0 Å². The summed E-state index contributed by atoms with van der Waals surface area (Å²) in [7, 11) is 0. The van der Waals surface area contributed by atoms with Gasteiger partial charge < -0.3 is 5.32 Å². The number of hydrazone groups is 1. The molecule has 2 atom stereocenters. The molecule has 1 aliphatic carbocycles. The minimum Gasteiger partial charge on any atom is -0.306 e. The molecule has 3 rings (SSSR count). The molecular formula is C18H23FN6O4. The minimum atomic E-state index is -0.966. The lowest BCUT2D eigenvalue weighted by Gasteiger charge is -2.28. The third-order valence-electron chi connectivity index (χ3n) is 5.24. The first-order valence-corrected chi connectivity index (χ1v) is 9.52. The Labute approximate surface area is 166 Å². The number of carbonyl (C=O) groups excluding carboxylic acids is 3. The summed E-state index contributed by atoms with van der Waals surface area (Å²) in [6.45, 7) is -0.181. The molecule has 0 radical (unpaired) electrons. The average Bonchev–Trinajstić information content (AvgIpc) is 3.40. The van der Waals surface area contributed by atoms with Gasteiger partial charge in [-0.3, -0.25) is 19.6 Å². The Balaban J connectivity index is 1.71. The van der Waals surface area contributed by atoms with Crippen LogP contribution in [0.2, 0.25) is 0 Å². The van der Waals surface area contributed by atoms with Crippen molar-refractivity contribution in [3.63, 3.8) is 0 Å². The first-order valence-electron chi connectivity index (χ1n) is 9.52. The maximum Gasteiger partial charge on any atom is 0.250 e. The molecule has 2 aliphatic rings. The number of rotatable bonds is 8. The van der Waals surface area contributed by atoms with E-state index in [2.05, 4.69) is 20.4 Å². The number of aromatic nitrogens is 2. The number of hydrogen-bond acceptors (Lipinski definition) is 7. The first kappa shape index (κ1) is 20.8. The standard InChI is InChI=1S/C18H23FN6O4/c19-14-8-20-10-21-16(14)23-17(27)15-5-6-22-25(15)18(28)13(9-24(29)11-26)7-12-3-1-2-4-12/h6,8,10-13,15,29H,1-5,7,9H2,(H,20,21,23,27). The van der Waals surface area contributed by atoms with E-state index >= 15 is 0 Å². The van der Waals surface area contributed by atoms with Crippen molar-refractivity contribution in [3.05, 3.63) is 18.3 Å². The van der Waals surface area contributed by atoms with Crippen LogP contribution in [-0.2, 0) is 14.4 Å². The van der Waals surface area contributed by atoms with Gasteiger partial charge in [0.2, 0.25) is 12.3 Å². The summed E-state index contributed by atoms with van der Waals surface area (Å²) >= 11 is 0. The average molecular weight is 406 g/mol. The number of nitrogens with zero attached hydrogens (tertiary/aromatic N) is 5. The highest BCUT2D eigenvalue weighted by Crippen LogP contribution is 2.32. The monoisotopic (exact) mass is 406 g/mol. The van der Waals surface area contributed by atoms with Gasteiger partial charge in [-0.15, -0.1) is 0 Å². The van der Waals surface area contributed by atoms with Crippen molar-refractivity contribution in [1.82, 2.24) is 20.0 Å². The highest BCUT2D eigenvalue weighted by molar-refractivity contribution is 5.99. The molecule has 3 amide bonds. The van der Waals surface area contributed by atoms with Gasteiger partial charge >= 0.3 is 0 Å². The van der Waals surface area contributed by atoms with Crippen LogP contribution in [0.25, 0.3) is 0 Å². The van der Waals surface area contributed by atoms with Crippen LogP contribution in [0, 0.1) is 17.7 Å². The third kappa shape index (κ3) is 5.11. The zero-order chi connectivity index (χ0) is 20.8. The molecule has 0 bridgehead atoms. The van der Waals surface area contributed by atoms with Crippen LogP contribution in [0.15, 0.2) is 17.6 Å². The van der Waals surface area contributed by atoms with Gasteiger partial charge in [-0.1, -0.05) is 25.7 Å². The lowest BCUT2D eigenvalue weighted by molar-refractivity contribution is -0.158. The van der Waals surface area contributed by atoms with E-state index in [0.29, 0.717) is 17.4 Å². The molecule has 0 saturated heterocycles. The lowest BCUT2D eigenvalue weighted by atomic mass is 9.92. The molecule has 1 aliphatic heterocycles. The van der Waals surface area contributed by atoms with E-state index in [4.69, 9.17) is 0 Å². The van der Waals surface area contributed by atoms with Crippen LogP contribution in [0.3, 0.4) is 0 Å². The fraction of sp³-hybridized carbons (Fsp3) is 0.556. The summed E-state index contributed by atoms with van der Waals surface area (Å²) in [5.74, 6) is -2.56. The molecule has 2 N–H and O–H groups in total. The van der Waals surface area contributed by atoms with Crippen LogP contribution in [0.5, 0.6) is 0 Å². The van der Waals surface area contributed by atoms with E-state index in [9.17, 15) is 24.0 Å². The second kappa shape index (κ2) is 9.50. The van der Waals surface area contributed by atoms with Gasteiger partial charge in [0.1, 0.15) is 12.4 Å². The van der Waals surface area contributed by atoms with Gasteiger partial charge in [0.25, 0.3) is 5.91 Å². The van der Waals surface area contributed by atoms with Crippen LogP contribution in [0.4, 0.5) is 10.2 Å². The Hall–Kier alpha value is -2.95. The Morgan fingerprint density at radius 3 is 2.86 bits per heavy atom. The fourth-order valence-corrected chi connectivity index (χ4v) is 3.81. The molecule has 11 heteroatoms. The molecule has 2 heterocycles. The van der Waals surface area contributed by atoms with Gasteiger partial charge in [-0.2, -0.15) is 5.10 Å². The number of carbonyl (C=O) groups is 3. The molecule has 156 valence electrons. The number of amides is 3. The molecule has 0 spiro atoms. The Bertz CT molecular complexity index is 785. The maximum absolute atomic E-state index is 13.7. The molecule has 10 nitrogen and oxygen atoms in total. The summed E-state index contributed by atoms with van der Waals surface area (Å²) in [5.41, 5.74) is 0. The topological polar surface area (TPSA) is 128 Å². The molecule has 1 aromatic rings. The third-order valence-corrected chi connectivity index (χ3v) is 5.24. The van der Waals surface area contributed by atoms with Crippen LogP contribution in [0.1, 0.15) is 38.5 Å². The number of halogens is 1. The van der Waals surface area contributed by atoms with Crippen LogP contribution in [-0.4, -0.2) is 62.3 Å². The summed E-state index contributed by atoms with van der Waals surface area (Å²) in [4.78, 5) is 43.7. The molecule has 1 saturated carbocycles. The van der Waals surface area contributed by atoms with Crippen LogP contribution < -0.4 is 5.32 Å². The van der Waals surface area contributed by atoms with E-state index in [1.54, 1.807) is 0 Å². The Kier molecular flexibility index (Phi) is 6.81. The SMILES string of the molecule is O=CN(O)CC(CC1CCCC1)C(=O)N1N=CCC1C(=O)Nc1ncncc1F. The van der Waals surface area contributed by atoms with Gasteiger partial charge in [0.05, 0.1) is 18.7 Å². The number of anilines is 1. The van der Waals surface area contributed by atoms with Crippen molar-refractivity contribution in [2.75, 3.05) is 11.9 Å². The number of hydroxylamine groups is 2. The van der Waals surface area contributed by atoms with E-state index in [-0.39, 0.29) is 25.2 Å². The van der Waals surface area contributed by atoms with E-state index in [1.807, 2.05) is 0 Å². The van der Waals surface area contributed by atoms with Crippen molar-refractivity contribution in [2.45, 2.75) is 44.6 Å². The summed E-state index contributed by atoms with van der Waals surface area (Å²) < 4.78 is 13.7. The normalized spacial score (nSPS) is 19.9. The quantitative estimate of drug-likeness (QED) is 0.379. The Morgan fingerprint density at radius 1 is 1.41 bits per heavy atom. The fourth-order valence-electron chi connectivity index (χ4n) is 3.81. The smallest absolute Gasteiger partial charge is 0.250 e. The van der Waals surface area contributed by atoms with Crippen molar-refractivity contribution >= 4 is 30.3 Å². The summed E-state index contributed by atoms with van der Waals surface area (Å²) in [6, 6.07) is -0.966. The van der Waals surface area contributed by atoms with Crippen molar-refractivity contribution < 1.29 is 24.0 Å². The lowest BCUT2D eigenvalue weighted by Crippen LogP contribution is -2.46. The van der Waals surface area contributed by atoms with Crippen LogP contribution >= 0.6 is 0 Å². The van der Waals surface area contributed by atoms with Gasteiger partial charge in [-0.05, 0) is 12.3 Å². The van der Waals surface area contributed by atoms with Gasteiger partial charge in [0.15, 0.2) is 11.6 Å². The molecule has 29 heavy (non-hydrogen) atoms. The molecule has 2 unspecified atom stereocenters. The van der Waals surface area contributed by atoms with Gasteiger partial charge in [-0.25, -0.2) is 24.4 Å². The zero-order valence-electron chi connectivity index (χ0n) is 15.8. The largest absolute Gasteiger partial charge is 0.306 e. The van der Waals surface area contributed by atoms with E-state index in [0.717, 1.165) is 43.2 Å².